The molecule has 31 heavy (non-hydrogen) atoms. The van der Waals surface area contributed by atoms with Gasteiger partial charge < -0.3 is 9.84 Å². The fraction of sp³-hybridized carbons (Fsp3) is 0.174. The van der Waals surface area contributed by atoms with Crippen LogP contribution in [0.5, 0.6) is 0 Å². The van der Waals surface area contributed by atoms with Gasteiger partial charge in [0.25, 0.3) is 0 Å². The number of ether oxygens (including phenoxy) is 1. The van der Waals surface area contributed by atoms with Gasteiger partial charge in [0.05, 0.1) is 30.2 Å². The lowest BCUT2D eigenvalue weighted by molar-refractivity contribution is 0.0600. The number of hydrogen-bond donors (Lipinski definition) is 1. The number of aliphatic hydroxyl groups excluding tert-OH is 1. The van der Waals surface area contributed by atoms with Crippen LogP contribution in [-0.4, -0.2) is 37.5 Å². The molecule has 0 aliphatic rings. The van der Waals surface area contributed by atoms with Gasteiger partial charge in [-0.3, -0.25) is 0 Å². The van der Waals surface area contributed by atoms with Crippen molar-refractivity contribution in [2.45, 2.75) is 17.5 Å². The molecule has 3 rings (SSSR count). The largest absolute Gasteiger partial charge is 0.465 e. The first-order valence-corrected chi connectivity index (χ1v) is 11.3. The van der Waals surface area contributed by atoms with Crippen molar-refractivity contribution in [2.24, 2.45) is 0 Å². The monoisotopic (exact) mass is 459 g/mol. The summed E-state index contributed by atoms with van der Waals surface area (Å²) in [5.74, 6) is -0.477. The summed E-state index contributed by atoms with van der Waals surface area (Å²) in [7, 11) is -2.66. The van der Waals surface area contributed by atoms with Gasteiger partial charge in [0.15, 0.2) is 0 Å². The number of carbonyl (C=O) groups excluding carboxylic acids is 1. The van der Waals surface area contributed by atoms with Crippen molar-refractivity contribution < 1.29 is 23.1 Å². The van der Waals surface area contributed by atoms with E-state index in [0.29, 0.717) is 21.7 Å². The number of benzene rings is 3. The Morgan fingerprint density at radius 3 is 2.16 bits per heavy atom. The van der Waals surface area contributed by atoms with Crippen LogP contribution in [0, 0.1) is 0 Å². The molecule has 0 radical (unpaired) electrons. The van der Waals surface area contributed by atoms with Crippen molar-refractivity contribution in [1.82, 2.24) is 4.31 Å². The van der Waals surface area contributed by atoms with Crippen LogP contribution < -0.4 is 0 Å². The standard InChI is InChI=1S/C23H22ClNO5S/c1-30-23(27)19-9-7-17(8-10-19)15-25(31(28,29)21-5-3-2-4-6-21)22(16-26)18-11-13-20(24)14-12-18/h2-14,22,26H,15-16H2,1H3/t22-/m1/s1. The maximum Gasteiger partial charge on any atom is 0.337 e. The van der Waals surface area contributed by atoms with Gasteiger partial charge in [-0.1, -0.05) is 54.1 Å². The SMILES string of the molecule is COC(=O)c1ccc(CN([C@H](CO)c2ccc(Cl)cc2)S(=O)(=O)c2ccccc2)cc1. The van der Waals surface area contributed by atoms with Gasteiger partial charge in [0.2, 0.25) is 10.0 Å². The van der Waals surface area contributed by atoms with Crippen molar-refractivity contribution in [2.75, 3.05) is 13.7 Å². The molecule has 0 heterocycles. The number of aliphatic hydroxyl groups is 1. The van der Waals surface area contributed by atoms with Crippen LogP contribution in [0.2, 0.25) is 5.02 Å². The van der Waals surface area contributed by atoms with Crippen LogP contribution in [0.4, 0.5) is 0 Å². The highest BCUT2D eigenvalue weighted by molar-refractivity contribution is 7.89. The summed E-state index contributed by atoms with van der Waals surface area (Å²) < 4.78 is 33.0. The molecule has 0 aromatic heterocycles. The molecule has 3 aromatic rings. The molecular formula is C23H22ClNO5S. The summed E-state index contributed by atoms with van der Waals surface area (Å²) in [6, 6.07) is 20.4. The number of carbonyl (C=O) groups is 1. The van der Waals surface area contributed by atoms with Gasteiger partial charge in [-0.25, -0.2) is 13.2 Å². The molecule has 1 N–H and O–H groups in total. The van der Waals surface area contributed by atoms with Gasteiger partial charge in [-0.2, -0.15) is 4.31 Å². The molecule has 0 saturated heterocycles. The Labute approximate surface area is 186 Å². The van der Waals surface area contributed by atoms with Crippen molar-refractivity contribution in [3.63, 3.8) is 0 Å². The molecule has 162 valence electrons. The minimum Gasteiger partial charge on any atom is -0.465 e. The number of rotatable bonds is 8. The van der Waals surface area contributed by atoms with Crippen molar-refractivity contribution in [3.05, 3.63) is 101 Å². The second kappa shape index (κ2) is 10.1. The average molecular weight is 460 g/mol. The van der Waals surface area contributed by atoms with Crippen molar-refractivity contribution in [3.8, 4) is 0 Å². The smallest absolute Gasteiger partial charge is 0.337 e. The van der Waals surface area contributed by atoms with Crippen molar-refractivity contribution >= 4 is 27.6 Å². The maximum atomic E-state index is 13.5. The van der Waals surface area contributed by atoms with Gasteiger partial charge in [0, 0.05) is 11.6 Å². The number of halogens is 1. The average Bonchev–Trinajstić information content (AvgIpc) is 2.80. The first-order chi connectivity index (χ1) is 14.9. The molecule has 0 unspecified atom stereocenters. The van der Waals surface area contributed by atoms with Crippen LogP contribution in [-0.2, 0) is 21.3 Å². The lowest BCUT2D eigenvalue weighted by Crippen LogP contribution is -2.36. The molecule has 0 spiro atoms. The molecule has 6 nitrogen and oxygen atoms in total. The molecule has 0 aliphatic heterocycles. The van der Waals surface area contributed by atoms with Gasteiger partial charge in [-0.15, -0.1) is 0 Å². The van der Waals surface area contributed by atoms with Crippen LogP contribution in [0.15, 0.2) is 83.8 Å². The van der Waals surface area contributed by atoms with E-state index in [0.717, 1.165) is 0 Å². The molecule has 0 saturated carbocycles. The van der Waals surface area contributed by atoms with E-state index in [2.05, 4.69) is 0 Å². The topological polar surface area (TPSA) is 83.9 Å². The number of nitrogens with zero attached hydrogens (tertiary/aromatic N) is 1. The third-order valence-electron chi connectivity index (χ3n) is 4.84. The molecule has 0 bridgehead atoms. The third-order valence-corrected chi connectivity index (χ3v) is 6.96. The third kappa shape index (κ3) is 5.32. The predicted molar refractivity (Wildman–Crippen MR) is 118 cm³/mol. The summed E-state index contributed by atoms with van der Waals surface area (Å²) in [6.45, 7) is -0.430. The molecule has 0 fully saturated rings. The Morgan fingerprint density at radius 1 is 1.00 bits per heavy atom. The normalized spacial score (nSPS) is 12.5. The van der Waals surface area contributed by atoms with Crippen LogP contribution >= 0.6 is 11.6 Å². The molecular weight excluding hydrogens is 438 g/mol. The Bertz CT molecular complexity index is 1120. The van der Waals surface area contributed by atoms with E-state index in [-0.39, 0.29) is 11.4 Å². The van der Waals surface area contributed by atoms with E-state index < -0.39 is 28.6 Å². The highest BCUT2D eigenvalue weighted by Crippen LogP contribution is 2.30. The Morgan fingerprint density at radius 2 is 1.61 bits per heavy atom. The molecule has 0 amide bonds. The number of esters is 1. The number of methoxy groups -OCH3 is 1. The molecule has 8 heteroatoms. The Balaban J connectivity index is 2.03. The van der Waals surface area contributed by atoms with E-state index >= 15 is 0 Å². The first kappa shape index (κ1) is 23.0. The van der Waals surface area contributed by atoms with E-state index in [1.807, 2.05) is 0 Å². The zero-order valence-electron chi connectivity index (χ0n) is 16.8. The van der Waals surface area contributed by atoms with Gasteiger partial charge in [0.1, 0.15) is 0 Å². The summed E-state index contributed by atoms with van der Waals surface area (Å²) >= 11 is 5.97. The lowest BCUT2D eigenvalue weighted by atomic mass is 10.1. The minimum absolute atomic E-state index is 0.00741. The zero-order valence-corrected chi connectivity index (χ0v) is 18.4. The fourth-order valence-electron chi connectivity index (χ4n) is 3.18. The quantitative estimate of drug-likeness (QED) is 0.514. The summed E-state index contributed by atoms with van der Waals surface area (Å²) in [4.78, 5) is 11.8. The van der Waals surface area contributed by atoms with Gasteiger partial charge >= 0.3 is 5.97 Å². The van der Waals surface area contributed by atoms with E-state index in [1.54, 1.807) is 66.7 Å². The van der Waals surface area contributed by atoms with E-state index in [1.165, 1.54) is 23.5 Å². The highest BCUT2D eigenvalue weighted by atomic mass is 35.5. The van der Waals surface area contributed by atoms with E-state index in [4.69, 9.17) is 16.3 Å². The summed E-state index contributed by atoms with van der Waals surface area (Å²) in [5, 5.41) is 10.7. The van der Waals surface area contributed by atoms with E-state index in [9.17, 15) is 18.3 Å². The summed E-state index contributed by atoms with van der Waals surface area (Å²) in [6.07, 6.45) is 0. The zero-order chi connectivity index (χ0) is 22.4. The second-order valence-corrected chi connectivity index (χ2v) is 9.13. The Hall–Kier alpha value is -2.71. The maximum absolute atomic E-state index is 13.5. The fourth-order valence-corrected chi connectivity index (χ4v) is 4.92. The van der Waals surface area contributed by atoms with Crippen molar-refractivity contribution in [1.29, 1.82) is 0 Å². The molecule has 3 aromatic carbocycles. The number of sulfonamides is 1. The predicted octanol–water partition coefficient (Wildman–Crippen LogP) is 4.05. The Kier molecular flexibility index (Phi) is 7.46. The second-order valence-electron chi connectivity index (χ2n) is 6.80. The molecule has 1 atom stereocenters. The summed E-state index contributed by atoms with van der Waals surface area (Å²) in [5.41, 5.74) is 1.62. The number of hydrogen-bond acceptors (Lipinski definition) is 5. The van der Waals surface area contributed by atoms with Gasteiger partial charge in [-0.05, 0) is 47.5 Å². The van der Waals surface area contributed by atoms with Crippen LogP contribution in [0.25, 0.3) is 0 Å². The lowest BCUT2D eigenvalue weighted by Gasteiger charge is -2.30. The minimum atomic E-state index is -3.95. The highest BCUT2D eigenvalue weighted by Gasteiger charge is 2.32. The first-order valence-electron chi connectivity index (χ1n) is 9.47. The van der Waals surface area contributed by atoms with Crippen LogP contribution in [0.3, 0.4) is 0 Å². The van der Waals surface area contributed by atoms with Crippen LogP contribution in [0.1, 0.15) is 27.5 Å². The molecule has 0 aliphatic carbocycles.